The minimum atomic E-state index is -0.698. The summed E-state index contributed by atoms with van der Waals surface area (Å²) in [7, 11) is 0. The Bertz CT molecular complexity index is 373. The SMILES string of the molecule is O[C@@H](Cc1ccccc1)c1nn[nH]n1. The molecule has 2 aromatic rings. The molecule has 5 heteroatoms. The number of aromatic amines is 1. The van der Waals surface area contributed by atoms with Crippen LogP contribution in [0.25, 0.3) is 0 Å². The van der Waals surface area contributed by atoms with E-state index >= 15 is 0 Å². The van der Waals surface area contributed by atoms with E-state index in [-0.39, 0.29) is 0 Å². The fraction of sp³-hybridized carbons (Fsp3) is 0.222. The van der Waals surface area contributed by atoms with Gasteiger partial charge in [0, 0.05) is 6.42 Å². The molecule has 0 saturated carbocycles. The second-order valence-corrected chi connectivity index (χ2v) is 2.98. The van der Waals surface area contributed by atoms with Gasteiger partial charge in [0.25, 0.3) is 0 Å². The summed E-state index contributed by atoms with van der Waals surface area (Å²) in [6.45, 7) is 0. The van der Waals surface area contributed by atoms with Crippen LogP contribution < -0.4 is 0 Å². The molecule has 0 unspecified atom stereocenters. The van der Waals surface area contributed by atoms with Crippen molar-refractivity contribution in [3.05, 3.63) is 41.7 Å². The molecule has 1 aromatic carbocycles. The van der Waals surface area contributed by atoms with Gasteiger partial charge in [0.05, 0.1) is 0 Å². The molecular formula is C9H10N4O. The van der Waals surface area contributed by atoms with Crippen LogP contribution >= 0.6 is 0 Å². The van der Waals surface area contributed by atoms with Gasteiger partial charge >= 0.3 is 0 Å². The van der Waals surface area contributed by atoms with Crippen molar-refractivity contribution >= 4 is 0 Å². The molecule has 0 aliphatic rings. The number of rotatable bonds is 3. The van der Waals surface area contributed by atoms with Gasteiger partial charge in [-0.3, -0.25) is 0 Å². The van der Waals surface area contributed by atoms with Crippen LogP contribution in [0, 0.1) is 0 Å². The number of hydrogen-bond donors (Lipinski definition) is 2. The lowest BCUT2D eigenvalue weighted by Gasteiger charge is -2.04. The van der Waals surface area contributed by atoms with Crippen molar-refractivity contribution in [1.82, 2.24) is 20.6 Å². The molecule has 1 aromatic heterocycles. The smallest absolute Gasteiger partial charge is 0.203 e. The average molecular weight is 190 g/mol. The van der Waals surface area contributed by atoms with Crippen LogP contribution in [0.3, 0.4) is 0 Å². The van der Waals surface area contributed by atoms with Crippen LogP contribution in [0.1, 0.15) is 17.5 Å². The van der Waals surface area contributed by atoms with Gasteiger partial charge in [0.1, 0.15) is 6.10 Å². The second kappa shape index (κ2) is 3.97. The maximum absolute atomic E-state index is 9.68. The molecule has 1 atom stereocenters. The predicted octanol–water partition coefficient (Wildman–Crippen LogP) is 0.476. The van der Waals surface area contributed by atoms with E-state index in [0.717, 1.165) is 5.56 Å². The van der Waals surface area contributed by atoms with Crippen molar-refractivity contribution in [3.8, 4) is 0 Å². The largest absolute Gasteiger partial charge is 0.385 e. The standard InChI is InChI=1S/C9H10N4O/c14-8(9-10-12-13-11-9)6-7-4-2-1-3-5-7/h1-5,8,14H,6H2,(H,10,11,12,13)/t8-/m0/s1. The number of aliphatic hydroxyl groups is 1. The van der Waals surface area contributed by atoms with E-state index in [0.29, 0.717) is 12.2 Å². The zero-order valence-electron chi connectivity index (χ0n) is 7.46. The summed E-state index contributed by atoms with van der Waals surface area (Å²) >= 11 is 0. The topological polar surface area (TPSA) is 74.7 Å². The molecule has 0 amide bonds. The molecule has 5 nitrogen and oxygen atoms in total. The fourth-order valence-corrected chi connectivity index (χ4v) is 1.24. The number of tetrazole rings is 1. The van der Waals surface area contributed by atoms with E-state index < -0.39 is 6.10 Å². The van der Waals surface area contributed by atoms with E-state index in [1.54, 1.807) is 0 Å². The lowest BCUT2D eigenvalue weighted by atomic mass is 10.1. The van der Waals surface area contributed by atoms with Gasteiger partial charge in [-0.2, -0.15) is 5.21 Å². The first-order chi connectivity index (χ1) is 6.86. The third kappa shape index (κ3) is 1.94. The van der Waals surface area contributed by atoms with Crippen molar-refractivity contribution < 1.29 is 5.11 Å². The van der Waals surface area contributed by atoms with Gasteiger partial charge < -0.3 is 5.11 Å². The number of nitrogens with one attached hydrogen (secondary N) is 1. The van der Waals surface area contributed by atoms with Crippen molar-refractivity contribution in [2.75, 3.05) is 0 Å². The number of aliphatic hydroxyl groups excluding tert-OH is 1. The number of nitrogens with zero attached hydrogens (tertiary/aromatic N) is 3. The third-order valence-electron chi connectivity index (χ3n) is 1.93. The van der Waals surface area contributed by atoms with Crippen molar-refractivity contribution in [1.29, 1.82) is 0 Å². The first-order valence-electron chi connectivity index (χ1n) is 4.31. The van der Waals surface area contributed by atoms with Crippen LogP contribution in [-0.2, 0) is 6.42 Å². The molecule has 0 saturated heterocycles. The highest BCUT2D eigenvalue weighted by molar-refractivity contribution is 5.16. The maximum Gasteiger partial charge on any atom is 0.203 e. The lowest BCUT2D eigenvalue weighted by molar-refractivity contribution is 0.168. The summed E-state index contributed by atoms with van der Waals surface area (Å²) in [6, 6.07) is 9.69. The van der Waals surface area contributed by atoms with Gasteiger partial charge in [-0.25, -0.2) is 0 Å². The molecule has 72 valence electrons. The molecular weight excluding hydrogens is 180 g/mol. The minimum Gasteiger partial charge on any atom is -0.385 e. The van der Waals surface area contributed by atoms with Crippen LogP contribution in [0.2, 0.25) is 0 Å². The Morgan fingerprint density at radius 2 is 2.07 bits per heavy atom. The van der Waals surface area contributed by atoms with Gasteiger partial charge in [-0.1, -0.05) is 35.5 Å². The van der Waals surface area contributed by atoms with E-state index in [9.17, 15) is 5.11 Å². The molecule has 1 heterocycles. The molecule has 2 rings (SSSR count). The summed E-state index contributed by atoms with van der Waals surface area (Å²) in [4.78, 5) is 0. The van der Waals surface area contributed by atoms with Crippen LogP contribution in [0.4, 0.5) is 0 Å². The first kappa shape index (κ1) is 8.83. The minimum absolute atomic E-state index is 0.328. The number of hydrogen-bond acceptors (Lipinski definition) is 4. The Morgan fingerprint density at radius 3 is 2.71 bits per heavy atom. The molecule has 0 bridgehead atoms. The predicted molar refractivity (Wildman–Crippen MR) is 49.3 cm³/mol. The Morgan fingerprint density at radius 1 is 1.29 bits per heavy atom. The summed E-state index contributed by atoms with van der Waals surface area (Å²) in [5.41, 5.74) is 1.05. The van der Waals surface area contributed by atoms with Crippen LogP contribution in [-0.4, -0.2) is 25.7 Å². The molecule has 0 radical (unpaired) electrons. The number of H-pyrrole nitrogens is 1. The highest BCUT2D eigenvalue weighted by Gasteiger charge is 2.12. The molecule has 14 heavy (non-hydrogen) atoms. The van der Waals surface area contributed by atoms with Crippen LogP contribution in [0.5, 0.6) is 0 Å². The highest BCUT2D eigenvalue weighted by atomic mass is 16.3. The maximum atomic E-state index is 9.68. The molecule has 2 N–H and O–H groups in total. The third-order valence-corrected chi connectivity index (χ3v) is 1.93. The first-order valence-corrected chi connectivity index (χ1v) is 4.31. The monoisotopic (exact) mass is 190 g/mol. The van der Waals surface area contributed by atoms with Crippen molar-refractivity contribution in [3.63, 3.8) is 0 Å². The van der Waals surface area contributed by atoms with Crippen molar-refractivity contribution in [2.24, 2.45) is 0 Å². The molecule has 0 spiro atoms. The zero-order chi connectivity index (χ0) is 9.80. The number of aromatic nitrogens is 4. The van der Waals surface area contributed by atoms with Gasteiger partial charge in [-0.05, 0) is 5.56 Å². The van der Waals surface area contributed by atoms with Gasteiger partial charge in [-0.15, -0.1) is 10.2 Å². The second-order valence-electron chi connectivity index (χ2n) is 2.98. The normalized spacial score (nSPS) is 12.6. The van der Waals surface area contributed by atoms with Crippen LogP contribution in [0.15, 0.2) is 30.3 Å². The Labute approximate surface area is 80.8 Å². The number of benzene rings is 1. The van der Waals surface area contributed by atoms with E-state index in [1.165, 1.54) is 0 Å². The summed E-state index contributed by atoms with van der Waals surface area (Å²) in [5, 5.41) is 22.8. The quantitative estimate of drug-likeness (QED) is 0.738. The zero-order valence-corrected chi connectivity index (χ0v) is 7.46. The lowest BCUT2D eigenvalue weighted by Crippen LogP contribution is -2.03. The van der Waals surface area contributed by atoms with E-state index in [4.69, 9.17) is 0 Å². The fourth-order valence-electron chi connectivity index (χ4n) is 1.24. The Balaban J connectivity index is 2.06. The van der Waals surface area contributed by atoms with Crippen molar-refractivity contribution in [2.45, 2.75) is 12.5 Å². The summed E-state index contributed by atoms with van der Waals surface area (Å²) < 4.78 is 0. The van der Waals surface area contributed by atoms with E-state index in [1.807, 2.05) is 30.3 Å². The van der Waals surface area contributed by atoms with Gasteiger partial charge in [0.2, 0.25) is 5.82 Å². The summed E-state index contributed by atoms with van der Waals surface area (Å²) in [5.74, 6) is 0.328. The average Bonchev–Trinajstić information content (AvgIpc) is 2.72. The Kier molecular flexibility index (Phi) is 2.51. The molecule has 0 aliphatic heterocycles. The molecule has 0 fully saturated rings. The highest BCUT2D eigenvalue weighted by Crippen LogP contribution is 2.12. The summed E-state index contributed by atoms with van der Waals surface area (Å²) in [6.07, 6.45) is -0.198. The van der Waals surface area contributed by atoms with E-state index in [2.05, 4.69) is 20.6 Å². The Hall–Kier alpha value is -1.75. The molecule has 0 aliphatic carbocycles. The van der Waals surface area contributed by atoms with Gasteiger partial charge in [0.15, 0.2) is 0 Å².